The molecule has 3 aromatic heterocycles. The number of carbonyl (C=O) groups excluding carboxylic acids is 3. The monoisotopic (exact) mass is 380 g/mol. The predicted octanol–water partition coefficient (Wildman–Crippen LogP) is 1.27. The van der Waals surface area contributed by atoms with Gasteiger partial charge in [-0.3, -0.25) is 24.2 Å². The Morgan fingerprint density at radius 1 is 1.36 bits per heavy atom. The van der Waals surface area contributed by atoms with Gasteiger partial charge in [0.25, 0.3) is 5.91 Å². The van der Waals surface area contributed by atoms with Crippen LogP contribution in [0.5, 0.6) is 0 Å². The summed E-state index contributed by atoms with van der Waals surface area (Å²) in [7, 11) is 1.68. The summed E-state index contributed by atoms with van der Waals surface area (Å²) >= 11 is 0. The standard InChI is InChI=1S/C18H16N6O4/c1-23-8-13(16(22-23)24-7-11(9-25)6-15(24)26)20-17(27)14-10-28-18(21-14)12-2-4-19-5-3-12/h2-5,8-11H,6-7H2,1H3,(H,20,27). The second-order valence-corrected chi connectivity index (χ2v) is 6.37. The van der Waals surface area contributed by atoms with E-state index in [0.717, 1.165) is 6.29 Å². The van der Waals surface area contributed by atoms with Crippen molar-refractivity contribution in [3.05, 3.63) is 42.7 Å². The van der Waals surface area contributed by atoms with Crippen LogP contribution in [0.15, 0.2) is 41.4 Å². The van der Waals surface area contributed by atoms with E-state index in [4.69, 9.17) is 4.42 Å². The van der Waals surface area contributed by atoms with Crippen LogP contribution < -0.4 is 10.2 Å². The summed E-state index contributed by atoms with van der Waals surface area (Å²) in [5, 5.41) is 6.96. The van der Waals surface area contributed by atoms with E-state index in [1.165, 1.54) is 15.8 Å². The molecular weight excluding hydrogens is 364 g/mol. The van der Waals surface area contributed by atoms with Crippen molar-refractivity contribution < 1.29 is 18.8 Å². The van der Waals surface area contributed by atoms with Crippen molar-refractivity contribution >= 4 is 29.6 Å². The number of hydrogen-bond donors (Lipinski definition) is 1. The van der Waals surface area contributed by atoms with Crippen LogP contribution in [0.4, 0.5) is 11.5 Å². The summed E-state index contributed by atoms with van der Waals surface area (Å²) in [6.07, 6.45) is 6.92. The fraction of sp³-hybridized carbons (Fsp3) is 0.222. The van der Waals surface area contributed by atoms with Gasteiger partial charge in [-0.2, -0.15) is 5.10 Å². The Hall–Kier alpha value is -3.82. The molecule has 4 heterocycles. The Balaban J connectivity index is 1.55. The molecule has 10 heteroatoms. The van der Waals surface area contributed by atoms with Crippen LogP contribution in [-0.2, 0) is 16.6 Å². The normalized spacial score (nSPS) is 16.4. The first-order valence-corrected chi connectivity index (χ1v) is 8.51. The lowest BCUT2D eigenvalue weighted by Crippen LogP contribution is -2.26. The van der Waals surface area contributed by atoms with Gasteiger partial charge >= 0.3 is 0 Å². The van der Waals surface area contributed by atoms with E-state index in [2.05, 4.69) is 20.4 Å². The Kier molecular flexibility index (Phi) is 4.44. The summed E-state index contributed by atoms with van der Waals surface area (Å²) in [6.45, 7) is 0.234. The lowest BCUT2D eigenvalue weighted by Gasteiger charge is -2.14. The van der Waals surface area contributed by atoms with E-state index in [1.807, 2.05) is 0 Å². The van der Waals surface area contributed by atoms with E-state index in [0.29, 0.717) is 23.0 Å². The predicted molar refractivity (Wildman–Crippen MR) is 97.4 cm³/mol. The van der Waals surface area contributed by atoms with Crippen molar-refractivity contribution in [3.8, 4) is 11.5 Å². The molecule has 1 fully saturated rings. The van der Waals surface area contributed by atoms with Gasteiger partial charge in [-0.15, -0.1) is 0 Å². The third kappa shape index (κ3) is 3.27. The third-order valence-corrected chi connectivity index (χ3v) is 4.32. The van der Waals surface area contributed by atoms with Crippen molar-refractivity contribution in [3.63, 3.8) is 0 Å². The maximum absolute atomic E-state index is 12.6. The number of carbonyl (C=O) groups is 3. The molecule has 0 bridgehead atoms. The van der Waals surface area contributed by atoms with Gasteiger partial charge in [0.15, 0.2) is 11.5 Å². The number of rotatable bonds is 5. The van der Waals surface area contributed by atoms with Crippen molar-refractivity contribution in [2.75, 3.05) is 16.8 Å². The number of aldehydes is 1. The molecule has 1 unspecified atom stereocenters. The van der Waals surface area contributed by atoms with E-state index >= 15 is 0 Å². The largest absolute Gasteiger partial charge is 0.444 e. The molecule has 1 N–H and O–H groups in total. The quantitative estimate of drug-likeness (QED) is 0.661. The molecule has 3 aromatic rings. The van der Waals surface area contributed by atoms with Crippen LogP contribution in [0.3, 0.4) is 0 Å². The summed E-state index contributed by atoms with van der Waals surface area (Å²) in [5.41, 5.74) is 1.12. The molecule has 10 nitrogen and oxygen atoms in total. The third-order valence-electron chi connectivity index (χ3n) is 4.32. The molecule has 0 radical (unpaired) electrons. The molecule has 1 aliphatic heterocycles. The molecule has 28 heavy (non-hydrogen) atoms. The minimum Gasteiger partial charge on any atom is -0.444 e. The Morgan fingerprint density at radius 2 is 2.14 bits per heavy atom. The van der Waals surface area contributed by atoms with Gasteiger partial charge in [0.2, 0.25) is 11.8 Å². The number of pyridine rings is 1. The molecular formula is C18H16N6O4. The van der Waals surface area contributed by atoms with E-state index in [9.17, 15) is 14.4 Å². The number of nitrogens with zero attached hydrogens (tertiary/aromatic N) is 5. The molecule has 1 saturated heterocycles. The van der Waals surface area contributed by atoms with E-state index in [1.54, 1.807) is 37.8 Å². The van der Waals surface area contributed by atoms with Crippen LogP contribution in [0.1, 0.15) is 16.9 Å². The molecule has 1 atom stereocenters. The lowest BCUT2D eigenvalue weighted by molar-refractivity contribution is -0.119. The number of aromatic nitrogens is 4. The van der Waals surface area contributed by atoms with Crippen LogP contribution in [0.2, 0.25) is 0 Å². The number of nitrogens with one attached hydrogen (secondary N) is 1. The molecule has 0 spiro atoms. The van der Waals surface area contributed by atoms with Crippen LogP contribution >= 0.6 is 0 Å². The molecule has 0 aromatic carbocycles. The highest BCUT2D eigenvalue weighted by molar-refractivity contribution is 6.07. The second kappa shape index (κ2) is 7.06. The summed E-state index contributed by atoms with van der Waals surface area (Å²) in [6, 6.07) is 3.43. The minimum atomic E-state index is -0.503. The van der Waals surface area contributed by atoms with Crippen molar-refractivity contribution in [1.82, 2.24) is 19.7 Å². The Morgan fingerprint density at radius 3 is 2.86 bits per heavy atom. The number of hydrogen-bond acceptors (Lipinski definition) is 7. The van der Waals surface area contributed by atoms with Crippen LogP contribution in [0.25, 0.3) is 11.5 Å². The minimum absolute atomic E-state index is 0.0835. The zero-order chi connectivity index (χ0) is 19.7. The number of amides is 2. The van der Waals surface area contributed by atoms with Crippen molar-refractivity contribution in [2.24, 2.45) is 13.0 Å². The van der Waals surface area contributed by atoms with Gasteiger partial charge in [0.1, 0.15) is 18.2 Å². The van der Waals surface area contributed by atoms with E-state index < -0.39 is 5.91 Å². The highest BCUT2D eigenvalue weighted by atomic mass is 16.3. The zero-order valence-electron chi connectivity index (χ0n) is 14.9. The second-order valence-electron chi connectivity index (χ2n) is 6.37. The SMILES string of the molecule is Cn1cc(NC(=O)c2coc(-c3ccncc3)n2)c(N2CC(C=O)CC2=O)n1. The fourth-order valence-electron chi connectivity index (χ4n) is 2.99. The van der Waals surface area contributed by atoms with E-state index in [-0.39, 0.29) is 30.5 Å². The molecule has 0 saturated carbocycles. The highest BCUT2D eigenvalue weighted by Crippen LogP contribution is 2.30. The molecule has 4 rings (SSSR count). The van der Waals surface area contributed by atoms with Crippen LogP contribution in [0, 0.1) is 5.92 Å². The average Bonchev–Trinajstić information content (AvgIpc) is 3.41. The number of aryl methyl sites for hydroxylation is 1. The van der Waals surface area contributed by atoms with Gasteiger partial charge in [-0.05, 0) is 12.1 Å². The lowest BCUT2D eigenvalue weighted by atomic mass is 10.1. The zero-order valence-corrected chi connectivity index (χ0v) is 14.9. The van der Waals surface area contributed by atoms with Crippen molar-refractivity contribution in [1.29, 1.82) is 0 Å². The summed E-state index contributed by atoms with van der Waals surface area (Å²) in [4.78, 5) is 45.3. The van der Waals surface area contributed by atoms with Gasteiger partial charge in [-0.1, -0.05) is 0 Å². The van der Waals surface area contributed by atoms with Gasteiger partial charge < -0.3 is 14.5 Å². The smallest absolute Gasteiger partial charge is 0.277 e. The van der Waals surface area contributed by atoms with Gasteiger partial charge in [0, 0.05) is 43.9 Å². The Labute approximate surface area is 159 Å². The Bertz CT molecular complexity index is 1040. The summed E-state index contributed by atoms with van der Waals surface area (Å²) < 4.78 is 6.85. The first kappa shape index (κ1) is 17.6. The highest BCUT2D eigenvalue weighted by Gasteiger charge is 2.33. The first-order valence-electron chi connectivity index (χ1n) is 8.51. The number of anilines is 2. The number of oxazole rings is 1. The van der Waals surface area contributed by atoms with Gasteiger partial charge in [0.05, 0.1) is 6.20 Å². The van der Waals surface area contributed by atoms with Crippen LogP contribution in [-0.4, -0.2) is 44.4 Å². The first-order chi connectivity index (χ1) is 13.5. The molecule has 1 aliphatic rings. The average molecular weight is 380 g/mol. The maximum atomic E-state index is 12.6. The maximum Gasteiger partial charge on any atom is 0.277 e. The fourth-order valence-corrected chi connectivity index (χ4v) is 2.99. The van der Waals surface area contributed by atoms with Gasteiger partial charge in [-0.25, -0.2) is 4.98 Å². The summed E-state index contributed by atoms with van der Waals surface area (Å²) in [5.74, 6) is -0.508. The van der Waals surface area contributed by atoms with Crippen molar-refractivity contribution in [2.45, 2.75) is 6.42 Å². The molecule has 2 amide bonds. The molecule has 0 aliphatic carbocycles. The topological polar surface area (TPSA) is 123 Å². The molecule has 142 valence electrons.